The van der Waals surface area contributed by atoms with Crippen molar-refractivity contribution >= 4 is 11.9 Å². The van der Waals surface area contributed by atoms with Crippen LogP contribution < -0.4 is 0 Å². The summed E-state index contributed by atoms with van der Waals surface area (Å²) in [7, 11) is 0. The average Bonchev–Trinajstić information content (AvgIpc) is 2.61. The molecule has 1 rings (SSSR count). The Morgan fingerprint density at radius 2 is 1.42 bits per heavy atom. The quantitative estimate of drug-likeness (QED) is 0.340. The molecule has 0 bridgehead atoms. The van der Waals surface area contributed by atoms with E-state index in [1.54, 1.807) is 0 Å². The first-order valence-corrected chi connectivity index (χ1v) is 9.98. The molecule has 4 heteroatoms. The predicted octanol–water partition coefficient (Wildman–Crippen LogP) is 6.10. The highest BCUT2D eigenvalue weighted by Crippen LogP contribution is 2.18. The molecule has 4 nitrogen and oxygen atoms in total. The van der Waals surface area contributed by atoms with Crippen molar-refractivity contribution in [3.05, 3.63) is 35.4 Å². The van der Waals surface area contributed by atoms with E-state index in [1.165, 1.54) is 43.5 Å². The lowest BCUT2D eigenvalue weighted by Gasteiger charge is -2.18. The molecule has 0 aliphatic rings. The van der Waals surface area contributed by atoms with Crippen LogP contribution in [0.1, 0.15) is 99.3 Å². The molecule has 26 heavy (non-hydrogen) atoms. The summed E-state index contributed by atoms with van der Waals surface area (Å²) < 4.78 is 5.72. The van der Waals surface area contributed by atoms with E-state index in [4.69, 9.17) is 9.84 Å². The van der Waals surface area contributed by atoms with Crippen LogP contribution in [0.25, 0.3) is 0 Å². The minimum absolute atomic E-state index is 0.0488. The number of carboxylic acid groups (broad SMARTS) is 1. The Kier molecular flexibility index (Phi) is 10.7. The summed E-state index contributed by atoms with van der Waals surface area (Å²) in [4.78, 5) is 23.3. The van der Waals surface area contributed by atoms with E-state index in [1.807, 2.05) is 0 Å². The number of ether oxygens (including phenoxy) is 1. The van der Waals surface area contributed by atoms with Crippen molar-refractivity contribution in [2.75, 3.05) is 0 Å². The van der Waals surface area contributed by atoms with Gasteiger partial charge in [0.1, 0.15) is 6.10 Å². The van der Waals surface area contributed by atoms with Gasteiger partial charge >= 0.3 is 11.9 Å². The molecule has 1 atom stereocenters. The van der Waals surface area contributed by atoms with E-state index in [2.05, 4.69) is 20.8 Å². The van der Waals surface area contributed by atoms with Gasteiger partial charge in [-0.05, 0) is 55.9 Å². The number of rotatable bonds is 13. The molecule has 0 aromatic heterocycles. The lowest BCUT2D eigenvalue weighted by molar-refractivity contribution is 0.0248. The molecule has 0 amide bonds. The van der Waals surface area contributed by atoms with Crippen molar-refractivity contribution in [1.82, 2.24) is 0 Å². The standard InChI is InChI=1S/C22H34O4/c1-4-5-7-11-20(12-9-6-8-10-17(2)3)26-22(25)19-15-13-18(14-16-19)21(23)24/h13-17,20H,4-12H2,1-3H3,(H,23,24). The zero-order chi connectivity index (χ0) is 19.4. The van der Waals surface area contributed by atoms with Crippen LogP contribution in [-0.4, -0.2) is 23.1 Å². The van der Waals surface area contributed by atoms with Crippen LogP contribution in [0.2, 0.25) is 0 Å². The molecule has 0 aliphatic carbocycles. The fraction of sp³-hybridized carbons (Fsp3) is 0.636. The van der Waals surface area contributed by atoms with E-state index in [0.29, 0.717) is 5.56 Å². The van der Waals surface area contributed by atoms with Gasteiger partial charge in [0.15, 0.2) is 0 Å². The zero-order valence-corrected chi connectivity index (χ0v) is 16.5. The highest BCUT2D eigenvalue weighted by molar-refractivity contribution is 5.92. The van der Waals surface area contributed by atoms with Gasteiger partial charge in [-0.25, -0.2) is 9.59 Å². The van der Waals surface area contributed by atoms with E-state index in [-0.39, 0.29) is 17.6 Å². The highest BCUT2D eigenvalue weighted by Gasteiger charge is 2.16. The highest BCUT2D eigenvalue weighted by atomic mass is 16.5. The SMILES string of the molecule is CCCCCC(CCCCCC(C)C)OC(=O)c1ccc(C(=O)O)cc1. The van der Waals surface area contributed by atoms with Gasteiger partial charge in [0.25, 0.3) is 0 Å². The largest absolute Gasteiger partial charge is 0.478 e. The summed E-state index contributed by atoms with van der Waals surface area (Å²) in [6.07, 6.45) is 9.84. The Hall–Kier alpha value is -1.84. The van der Waals surface area contributed by atoms with Crippen LogP contribution in [0.3, 0.4) is 0 Å². The van der Waals surface area contributed by atoms with Crippen molar-refractivity contribution in [1.29, 1.82) is 0 Å². The molecule has 0 fully saturated rings. The van der Waals surface area contributed by atoms with Crippen molar-refractivity contribution in [2.24, 2.45) is 5.92 Å². The maximum atomic E-state index is 12.4. The molecular formula is C22H34O4. The molecule has 0 saturated heterocycles. The van der Waals surface area contributed by atoms with Crippen LogP contribution >= 0.6 is 0 Å². The van der Waals surface area contributed by atoms with Crippen molar-refractivity contribution in [3.63, 3.8) is 0 Å². The maximum Gasteiger partial charge on any atom is 0.338 e. The summed E-state index contributed by atoms with van der Waals surface area (Å²) in [5, 5.41) is 8.94. The number of aromatic carboxylic acids is 1. The third kappa shape index (κ3) is 9.02. The lowest BCUT2D eigenvalue weighted by Crippen LogP contribution is -2.18. The minimum atomic E-state index is -0.997. The zero-order valence-electron chi connectivity index (χ0n) is 16.5. The average molecular weight is 363 g/mol. The fourth-order valence-corrected chi connectivity index (χ4v) is 2.95. The van der Waals surface area contributed by atoms with Crippen molar-refractivity contribution in [2.45, 2.75) is 84.7 Å². The first-order valence-electron chi connectivity index (χ1n) is 9.98. The number of hydrogen-bond donors (Lipinski definition) is 1. The monoisotopic (exact) mass is 362 g/mol. The van der Waals surface area contributed by atoms with E-state index < -0.39 is 5.97 Å². The molecule has 1 unspecified atom stereocenters. The molecule has 1 aromatic carbocycles. The van der Waals surface area contributed by atoms with Crippen LogP contribution in [0.15, 0.2) is 24.3 Å². The Balaban J connectivity index is 2.53. The fourth-order valence-electron chi connectivity index (χ4n) is 2.95. The third-order valence-corrected chi connectivity index (χ3v) is 4.58. The first-order chi connectivity index (χ1) is 12.4. The van der Waals surface area contributed by atoms with Crippen LogP contribution in [0, 0.1) is 5.92 Å². The molecule has 0 spiro atoms. The molecule has 0 saturated carbocycles. The second-order valence-corrected chi connectivity index (χ2v) is 7.44. The van der Waals surface area contributed by atoms with Gasteiger partial charge in [0.05, 0.1) is 11.1 Å². The normalized spacial score (nSPS) is 12.2. The molecule has 146 valence electrons. The molecule has 0 radical (unpaired) electrons. The number of benzene rings is 1. The van der Waals surface area contributed by atoms with Gasteiger partial charge < -0.3 is 9.84 Å². The van der Waals surface area contributed by atoms with E-state index in [0.717, 1.165) is 44.4 Å². The number of carbonyl (C=O) groups excluding carboxylic acids is 1. The van der Waals surface area contributed by atoms with Crippen LogP contribution in [0.5, 0.6) is 0 Å². The summed E-state index contributed by atoms with van der Waals surface area (Å²) in [6.45, 7) is 6.65. The number of carbonyl (C=O) groups is 2. The van der Waals surface area contributed by atoms with Crippen molar-refractivity contribution < 1.29 is 19.4 Å². The molecule has 0 aliphatic heterocycles. The second kappa shape index (κ2) is 12.5. The molecule has 0 heterocycles. The molecule has 1 aromatic rings. The number of hydrogen-bond acceptors (Lipinski definition) is 3. The van der Waals surface area contributed by atoms with E-state index >= 15 is 0 Å². The van der Waals surface area contributed by atoms with Gasteiger partial charge in [0, 0.05) is 0 Å². The van der Waals surface area contributed by atoms with Gasteiger partial charge in [-0.1, -0.05) is 52.9 Å². The number of carboxylic acids is 1. The summed E-state index contributed by atoms with van der Waals surface area (Å²) >= 11 is 0. The Morgan fingerprint density at radius 3 is 1.96 bits per heavy atom. The number of esters is 1. The Morgan fingerprint density at radius 1 is 0.885 bits per heavy atom. The summed E-state index contributed by atoms with van der Waals surface area (Å²) in [5.41, 5.74) is 0.585. The predicted molar refractivity (Wildman–Crippen MR) is 105 cm³/mol. The van der Waals surface area contributed by atoms with Gasteiger partial charge in [-0.3, -0.25) is 0 Å². The summed E-state index contributed by atoms with van der Waals surface area (Å²) in [6, 6.07) is 5.93. The maximum absolute atomic E-state index is 12.4. The smallest absolute Gasteiger partial charge is 0.338 e. The lowest BCUT2D eigenvalue weighted by atomic mass is 10.0. The number of unbranched alkanes of at least 4 members (excludes halogenated alkanes) is 4. The van der Waals surface area contributed by atoms with Gasteiger partial charge in [-0.2, -0.15) is 0 Å². The van der Waals surface area contributed by atoms with E-state index in [9.17, 15) is 9.59 Å². The Labute approximate surface area is 158 Å². The first kappa shape index (κ1) is 22.2. The van der Waals surface area contributed by atoms with Gasteiger partial charge in [-0.15, -0.1) is 0 Å². The van der Waals surface area contributed by atoms with Crippen molar-refractivity contribution in [3.8, 4) is 0 Å². The Bertz CT molecular complexity index is 534. The second-order valence-electron chi connectivity index (χ2n) is 7.44. The van der Waals surface area contributed by atoms with Gasteiger partial charge in [0.2, 0.25) is 0 Å². The molecule has 1 N–H and O–H groups in total. The minimum Gasteiger partial charge on any atom is -0.478 e. The molecular weight excluding hydrogens is 328 g/mol. The topological polar surface area (TPSA) is 63.6 Å². The van der Waals surface area contributed by atoms with Crippen LogP contribution in [-0.2, 0) is 4.74 Å². The third-order valence-electron chi connectivity index (χ3n) is 4.58. The van der Waals surface area contributed by atoms with Crippen LogP contribution in [0.4, 0.5) is 0 Å². The summed E-state index contributed by atoms with van der Waals surface area (Å²) in [5.74, 6) is -0.615.